The van der Waals surface area contributed by atoms with E-state index in [0.717, 1.165) is 54.3 Å². The summed E-state index contributed by atoms with van der Waals surface area (Å²) in [5, 5.41) is 1.78. The predicted molar refractivity (Wildman–Crippen MR) is 106 cm³/mol. The van der Waals surface area contributed by atoms with Crippen molar-refractivity contribution >= 4 is 28.3 Å². The van der Waals surface area contributed by atoms with Gasteiger partial charge in [0.2, 0.25) is 0 Å². The minimum absolute atomic E-state index is 0.280. The van der Waals surface area contributed by atoms with E-state index in [1.807, 2.05) is 31.2 Å². The second-order valence-electron chi connectivity index (χ2n) is 6.83. The van der Waals surface area contributed by atoms with Gasteiger partial charge in [-0.25, -0.2) is 4.79 Å². The van der Waals surface area contributed by atoms with E-state index in [4.69, 9.17) is 16.0 Å². The molecule has 0 atom stereocenters. The molecule has 1 saturated heterocycles. The molecule has 1 aliphatic heterocycles. The van der Waals surface area contributed by atoms with Crippen molar-refractivity contribution in [2.75, 3.05) is 31.1 Å². The van der Waals surface area contributed by atoms with Gasteiger partial charge in [0.05, 0.1) is 0 Å². The van der Waals surface area contributed by atoms with Crippen molar-refractivity contribution in [1.82, 2.24) is 4.90 Å². The van der Waals surface area contributed by atoms with Crippen LogP contribution in [0.1, 0.15) is 11.1 Å². The topological polar surface area (TPSA) is 36.7 Å². The van der Waals surface area contributed by atoms with Crippen LogP contribution in [0.2, 0.25) is 5.02 Å². The van der Waals surface area contributed by atoms with Crippen LogP contribution in [-0.2, 0) is 6.54 Å². The molecule has 0 bridgehead atoms. The zero-order chi connectivity index (χ0) is 18.1. The van der Waals surface area contributed by atoms with Gasteiger partial charge in [-0.1, -0.05) is 23.7 Å². The van der Waals surface area contributed by atoms with Gasteiger partial charge in [-0.15, -0.1) is 0 Å². The molecule has 4 nitrogen and oxygen atoms in total. The number of hydrogen-bond donors (Lipinski definition) is 0. The first-order chi connectivity index (χ1) is 12.6. The Bertz CT molecular complexity index is 973. The van der Waals surface area contributed by atoms with Crippen LogP contribution >= 0.6 is 11.6 Å². The van der Waals surface area contributed by atoms with Crippen LogP contribution in [0.4, 0.5) is 5.69 Å². The summed E-state index contributed by atoms with van der Waals surface area (Å²) < 4.78 is 5.36. The van der Waals surface area contributed by atoms with Gasteiger partial charge in [-0.2, -0.15) is 0 Å². The van der Waals surface area contributed by atoms with Crippen molar-refractivity contribution in [1.29, 1.82) is 0 Å². The molecule has 1 aromatic heterocycles. The molecule has 0 amide bonds. The lowest BCUT2D eigenvalue weighted by atomic mass is 10.1. The fourth-order valence-corrected chi connectivity index (χ4v) is 3.65. The minimum Gasteiger partial charge on any atom is -0.423 e. The molecule has 2 aromatic carbocycles. The predicted octanol–water partition coefficient (Wildman–Crippen LogP) is 4.08. The van der Waals surface area contributed by atoms with E-state index in [1.54, 1.807) is 6.07 Å². The van der Waals surface area contributed by atoms with E-state index in [-0.39, 0.29) is 5.63 Å². The number of piperazine rings is 1. The number of fused-ring (bicyclic) bond motifs is 1. The molecule has 26 heavy (non-hydrogen) atoms. The molecule has 0 N–H and O–H groups in total. The van der Waals surface area contributed by atoms with E-state index < -0.39 is 0 Å². The zero-order valence-corrected chi connectivity index (χ0v) is 15.5. The summed E-state index contributed by atoms with van der Waals surface area (Å²) in [5.74, 6) is 0. The van der Waals surface area contributed by atoms with E-state index in [2.05, 4.69) is 28.0 Å². The average molecular weight is 369 g/mol. The summed E-state index contributed by atoms with van der Waals surface area (Å²) in [6.45, 7) is 6.59. The Morgan fingerprint density at radius 3 is 2.46 bits per heavy atom. The van der Waals surface area contributed by atoms with Crippen LogP contribution in [0.15, 0.2) is 57.7 Å². The van der Waals surface area contributed by atoms with Crippen molar-refractivity contribution < 1.29 is 4.42 Å². The first-order valence-corrected chi connectivity index (χ1v) is 9.22. The number of anilines is 1. The maximum Gasteiger partial charge on any atom is 0.336 e. The Hall–Kier alpha value is -2.30. The molecule has 4 rings (SSSR count). The summed E-state index contributed by atoms with van der Waals surface area (Å²) in [6.07, 6.45) is 0. The average Bonchev–Trinajstić information content (AvgIpc) is 2.62. The SMILES string of the molecule is Cc1ccc2c(CN3CCN(c4ccc(Cl)cc4)CC3)cc(=O)oc2c1. The van der Waals surface area contributed by atoms with Crippen molar-refractivity contribution in [2.45, 2.75) is 13.5 Å². The molecule has 3 aromatic rings. The quantitative estimate of drug-likeness (QED) is 0.653. The molecule has 0 radical (unpaired) electrons. The van der Waals surface area contributed by atoms with E-state index in [0.29, 0.717) is 5.58 Å². The Kier molecular flexibility index (Phi) is 4.70. The molecule has 0 aliphatic carbocycles. The van der Waals surface area contributed by atoms with Gasteiger partial charge in [-0.3, -0.25) is 4.90 Å². The summed E-state index contributed by atoms with van der Waals surface area (Å²) in [4.78, 5) is 16.7. The van der Waals surface area contributed by atoms with Gasteiger partial charge in [0.1, 0.15) is 5.58 Å². The van der Waals surface area contributed by atoms with Crippen molar-refractivity contribution in [3.05, 3.63) is 75.1 Å². The molecular formula is C21H21ClN2O2. The lowest BCUT2D eigenvalue weighted by Crippen LogP contribution is -2.46. The largest absolute Gasteiger partial charge is 0.423 e. The number of nitrogens with zero attached hydrogens (tertiary/aromatic N) is 2. The second kappa shape index (κ2) is 7.14. The summed E-state index contributed by atoms with van der Waals surface area (Å²) in [7, 11) is 0. The van der Waals surface area contributed by atoms with E-state index >= 15 is 0 Å². The van der Waals surface area contributed by atoms with E-state index in [1.165, 1.54) is 5.69 Å². The van der Waals surface area contributed by atoms with Crippen LogP contribution in [0.25, 0.3) is 11.0 Å². The first kappa shape index (κ1) is 17.1. The summed E-state index contributed by atoms with van der Waals surface area (Å²) in [5.41, 5.74) is 3.73. The van der Waals surface area contributed by atoms with Crippen LogP contribution in [0.3, 0.4) is 0 Å². The van der Waals surface area contributed by atoms with Crippen LogP contribution in [0, 0.1) is 6.92 Å². The second-order valence-corrected chi connectivity index (χ2v) is 7.27. The lowest BCUT2D eigenvalue weighted by Gasteiger charge is -2.36. The third-order valence-electron chi connectivity index (χ3n) is 4.94. The first-order valence-electron chi connectivity index (χ1n) is 8.85. The fourth-order valence-electron chi connectivity index (χ4n) is 3.52. The Morgan fingerprint density at radius 2 is 1.73 bits per heavy atom. The van der Waals surface area contributed by atoms with Gasteiger partial charge in [-0.05, 0) is 48.4 Å². The van der Waals surface area contributed by atoms with Gasteiger partial charge < -0.3 is 9.32 Å². The van der Waals surface area contributed by atoms with Gasteiger partial charge in [0.25, 0.3) is 0 Å². The molecule has 0 saturated carbocycles. The van der Waals surface area contributed by atoms with Crippen molar-refractivity contribution in [3.8, 4) is 0 Å². The number of aryl methyl sites for hydroxylation is 1. The Morgan fingerprint density at radius 1 is 1.00 bits per heavy atom. The van der Waals surface area contributed by atoms with Crippen LogP contribution < -0.4 is 10.5 Å². The fraction of sp³-hybridized carbons (Fsp3) is 0.286. The molecule has 1 aliphatic rings. The highest BCUT2D eigenvalue weighted by Gasteiger charge is 2.18. The zero-order valence-electron chi connectivity index (χ0n) is 14.7. The maximum absolute atomic E-state index is 11.9. The molecular weight excluding hydrogens is 348 g/mol. The number of hydrogen-bond acceptors (Lipinski definition) is 4. The maximum atomic E-state index is 11.9. The smallest absolute Gasteiger partial charge is 0.336 e. The third-order valence-corrected chi connectivity index (χ3v) is 5.20. The van der Waals surface area contributed by atoms with E-state index in [9.17, 15) is 4.79 Å². The highest BCUT2D eigenvalue weighted by atomic mass is 35.5. The summed E-state index contributed by atoms with van der Waals surface area (Å²) in [6, 6.07) is 15.7. The van der Waals surface area contributed by atoms with Gasteiger partial charge in [0.15, 0.2) is 0 Å². The molecule has 0 unspecified atom stereocenters. The standard InChI is InChI=1S/C21H21ClN2O2/c1-15-2-7-19-16(13-21(25)26-20(19)12-15)14-23-8-10-24(11-9-23)18-5-3-17(22)4-6-18/h2-7,12-13H,8-11,14H2,1H3. The number of benzene rings is 2. The summed E-state index contributed by atoms with van der Waals surface area (Å²) >= 11 is 5.97. The number of halogens is 1. The normalized spacial score (nSPS) is 15.5. The van der Waals surface area contributed by atoms with Crippen molar-refractivity contribution in [2.24, 2.45) is 0 Å². The minimum atomic E-state index is -0.280. The van der Waals surface area contributed by atoms with Crippen LogP contribution in [0.5, 0.6) is 0 Å². The Labute approximate surface area is 157 Å². The third kappa shape index (κ3) is 3.62. The monoisotopic (exact) mass is 368 g/mol. The Balaban J connectivity index is 1.48. The number of rotatable bonds is 3. The lowest BCUT2D eigenvalue weighted by molar-refractivity contribution is 0.250. The van der Waals surface area contributed by atoms with Gasteiger partial charge in [0, 0.05) is 54.9 Å². The molecule has 134 valence electrons. The highest BCUT2D eigenvalue weighted by Crippen LogP contribution is 2.22. The molecule has 2 heterocycles. The molecule has 0 spiro atoms. The van der Waals surface area contributed by atoms with Gasteiger partial charge >= 0.3 is 5.63 Å². The van der Waals surface area contributed by atoms with Crippen LogP contribution in [-0.4, -0.2) is 31.1 Å². The molecule has 1 fully saturated rings. The highest BCUT2D eigenvalue weighted by molar-refractivity contribution is 6.30. The van der Waals surface area contributed by atoms with Crippen molar-refractivity contribution in [3.63, 3.8) is 0 Å². The molecule has 5 heteroatoms.